The first kappa shape index (κ1) is 12.0. The standard InChI is InChI=1S/C10H6ClF2N5O/c1-4-2-6(17-19-4)10-15-14-7-3-5(9(12)13)8(11)16-18(7)10/h2-3,9H,1H3. The van der Waals surface area contributed by atoms with Gasteiger partial charge < -0.3 is 4.52 Å². The van der Waals surface area contributed by atoms with Gasteiger partial charge in [-0.1, -0.05) is 16.8 Å². The van der Waals surface area contributed by atoms with E-state index >= 15 is 0 Å². The normalized spacial score (nSPS) is 11.6. The molecule has 0 amide bonds. The molecule has 0 spiro atoms. The summed E-state index contributed by atoms with van der Waals surface area (Å²) in [6, 6.07) is 2.77. The summed E-state index contributed by atoms with van der Waals surface area (Å²) >= 11 is 5.71. The fraction of sp³-hybridized carbons (Fsp3) is 0.200. The average molecular weight is 286 g/mol. The zero-order valence-electron chi connectivity index (χ0n) is 9.51. The monoisotopic (exact) mass is 285 g/mol. The first-order chi connectivity index (χ1) is 9.06. The Morgan fingerprint density at radius 2 is 2.11 bits per heavy atom. The zero-order chi connectivity index (χ0) is 13.6. The van der Waals surface area contributed by atoms with Crippen molar-refractivity contribution in [2.75, 3.05) is 0 Å². The Bertz CT molecular complexity index is 754. The van der Waals surface area contributed by atoms with E-state index in [9.17, 15) is 8.78 Å². The SMILES string of the molecule is Cc1cc(-c2nnc3cc(C(F)F)c(Cl)nn23)no1. The highest BCUT2D eigenvalue weighted by Crippen LogP contribution is 2.27. The minimum absolute atomic E-state index is 0.162. The van der Waals surface area contributed by atoms with Crippen molar-refractivity contribution in [2.45, 2.75) is 13.3 Å². The Morgan fingerprint density at radius 3 is 2.74 bits per heavy atom. The molecule has 0 bridgehead atoms. The summed E-state index contributed by atoms with van der Waals surface area (Å²) in [5, 5.41) is 14.9. The van der Waals surface area contributed by atoms with E-state index < -0.39 is 6.43 Å². The molecule has 0 aliphatic heterocycles. The van der Waals surface area contributed by atoms with Gasteiger partial charge in [-0.2, -0.15) is 9.61 Å². The van der Waals surface area contributed by atoms with Crippen LogP contribution in [0.4, 0.5) is 8.78 Å². The molecule has 3 rings (SSSR count). The average Bonchev–Trinajstić information content (AvgIpc) is 2.93. The van der Waals surface area contributed by atoms with Gasteiger partial charge in [-0.25, -0.2) is 8.78 Å². The molecule has 0 unspecified atom stereocenters. The van der Waals surface area contributed by atoms with Gasteiger partial charge in [0.15, 0.2) is 16.5 Å². The van der Waals surface area contributed by atoms with E-state index in [1.54, 1.807) is 13.0 Å². The number of nitrogens with zero attached hydrogens (tertiary/aromatic N) is 5. The molecule has 0 fully saturated rings. The predicted molar refractivity (Wildman–Crippen MR) is 61.0 cm³/mol. The van der Waals surface area contributed by atoms with Crippen LogP contribution in [0, 0.1) is 6.92 Å². The molecule has 98 valence electrons. The van der Waals surface area contributed by atoms with E-state index in [1.165, 1.54) is 4.52 Å². The Balaban J connectivity index is 2.21. The quantitative estimate of drug-likeness (QED) is 0.724. The molecular weight excluding hydrogens is 280 g/mol. The van der Waals surface area contributed by atoms with E-state index in [0.29, 0.717) is 11.5 Å². The second-order valence-corrected chi connectivity index (χ2v) is 4.17. The number of aromatic nitrogens is 5. The first-order valence-electron chi connectivity index (χ1n) is 5.20. The van der Waals surface area contributed by atoms with Crippen LogP contribution in [0.15, 0.2) is 16.7 Å². The molecule has 19 heavy (non-hydrogen) atoms. The maximum absolute atomic E-state index is 12.7. The molecule has 3 heterocycles. The second kappa shape index (κ2) is 4.23. The molecule has 0 aromatic carbocycles. The van der Waals surface area contributed by atoms with Crippen LogP contribution >= 0.6 is 11.6 Å². The molecule has 0 aliphatic rings. The number of fused-ring (bicyclic) bond motifs is 1. The fourth-order valence-electron chi connectivity index (χ4n) is 1.61. The summed E-state index contributed by atoms with van der Waals surface area (Å²) in [4.78, 5) is 0. The van der Waals surface area contributed by atoms with Crippen molar-refractivity contribution in [3.63, 3.8) is 0 Å². The minimum Gasteiger partial charge on any atom is -0.361 e. The predicted octanol–water partition coefficient (Wildman–Crippen LogP) is 2.68. The number of hydrogen-bond donors (Lipinski definition) is 0. The van der Waals surface area contributed by atoms with Crippen molar-refractivity contribution in [3.05, 3.63) is 28.6 Å². The molecule has 0 radical (unpaired) electrons. The number of rotatable bonds is 2. The van der Waals surface area contributed by atoms with Crippen LogP contribution in [-0.4, -0.2) is 25.0 Å². The van der Waals surface area contributed by atoms with Crippen molar-refractivity contribution in [2.24, 2.45) is 0 Å². The van der Waals surface area contributed by atoms with Gasteiger partial charge in [0.05, 0.1) is 5.56 Å². The van der Waals surface area contributed by atoms with E-state index in [-0.39, 0.29) is 22.2 Å². The second-order valence-electron chi connectivity index (χ2n) is 3.81. The maximum Gasteiger partial charge on any atom is 0.267 e. The van der Waals surface area contributed by atoms with Crippen LogP contribution < -0.4 is 0 Å². The number of hydrogen-bond acceptors (Lipinski definition) is 5. The van der Waals surface area contributed by atoms with Gasteiger partial charge in [-0.3, -0.25) is 0 Å². The summed E-state index contributed by atoms with van der Waals surface area (Å²) in [5.41, 5.74) is 0.179. The topological polar surface area (TPSA) is 69.1 Å². The zero-order valence-corrected chi connectivity index (χ0v) is 10.3. The van der Waals surface area contributed by atoms with Gasteiger partial charge >= 0.3 is 0 Å². The summed E-state index contributed by atoms with van der Waals surface area (Å²) < 4.78 is 31.5. The Labute approximate surface area is 110 Å². The Morgan fingerprint density at radius 1 is 1.32 bits per heavy atom. The highest BCUT2D eigenvalue weighted by atomic mass is 35.5. The number of aryl methyl sites for hydroxylation is 1. The lowest BCUT2D eigenvalue weighted by Gasteiger charge is -2.02. The largest absolute Gasteiger partial charge is 0.361 e. The minimum atomic E-state index is -2.72. The van der Waals surface area contributed by atoms with Gasteiger partial charge in [-0.05, 0) is 13.0 Å². The van der Waals surface area contributed by atoms with Crippen molar-refractivity contribution in [3.8, 4) is 11.5 Å². The molecule has 3 aromatic rings. The molecule has 3 aromatic heterocycles. The van der Waals surface area contributed by atoms with Gasteiger partial charge in [0.25, 0.3) is 6.43 Å². The summed E-state index contributed by atoms with van der Waals surface area (Å²) in [6.45, 7) is 1.72. The Hall–Kier alpha value is -2.09. The first-order valence-corrected chi connectivity index (χ1v) is 5.58. The van der Waals surface area contributed by atoms with Gasteiger partial charge in [0.2, 0.25) is 5.82 Å². The molecule has 0 N–H and O–H groups in total. The highest BCUT2D eigenvalue weighted by molar-refractivity contribution is 6.30. The third-order valence-corrected chi connectivity index (χ3v) is 2.76. The summed E-state index contributed by atoms with van der Waals surface area (Å²) in [7, 11) is 0. The highest BCUT2D eigenvalue weighted by Gasteiger charge is 2.19. The Kier molecular flexibility index (Phi) is 2.67. The van der Waals surface area contributed by atoms with Crippen molar-refractivity contribution in [1.82, 2.24) is 25.0 Å². The molecule has 0 atom stereocenters. The van der Waals surface area contributed by atoms with Gasteiger partial charge in [-0.15, -0.1) is 10.2 Å². The van der Waals surface area contributed by atoms with Crippen molar-refractivity contribution < 1.29 is 13.3 Å². The van der Waals surface area contributed by atoms with Crippen LogP contribution in [0.2, 0.25) is 5.15 Å². The summed E-state index contributed by atoms with van der Waals surface area (Å²) in [6.07, 6.45) is -2.72. The molecule has 0 saturated heterocycles. The lowest BCUT2D eigenvalue weighted by Crippen LogP contribution is -1.99. The maximum atomic E-state index is 12.7. The smallest absolute Gasteiger partial charge is 0.267 e. The molecule has 0 aliphatic carbocycles. The molecule has 6 nitrogen and oxygen atoms in total. The lowest BCUT2D eigenvalue weighted by molar-refractivity contribution is 0.151. The van der Waals surface area contributed by atoms with E-state index in [0.717, 1.165) is 6.07 Å². The van der Waals surface area contributed by atoms with Crippen LogP contribution in [0.1, 0.15) is 17.7 Å². The fourth-order valence-corrected chi connectivity index (χ4v) is 1.82. The van der Waals surface area contributed by atoms with E-state index in [4.69, 9.17) is 16.1 Å². The van der Waals surface area contributed by atoms with Crippen LogP contribution in [-0.2, 0) is 0 Å². The van der Waals surface area contributed by atoms with Crippen LogP contribution in [0.3, 0.4) is 0 Å². The number of halogens is 3. The third-order valence-electron chi connectivity index (χ3n) is 2.47. The molecule has 0 saturated carbocycles. The molecular formula is C10H6ClF2N5O. The lowest BCUT2D eigenvalue weighted by atomic mass is 10.3. The molecule has 9 heteroatoms. The van der Waals surface area contributed by atoms with E-state index in [2.05, 4.69) is 20.5 Å². The van der Waals surface area contributed by atoms with Gasteiger partial charge in [0.1, 0.15) is 5.76 Å². The number of alkyl halides is 2. The van der Waals surface area contributed by atoms with Crippen molar-refractivity contribution >= 4 is 17.2 Å². The van der Waals surface area contributed by atoms with Gasteiger partial charge in [0, 0.05) is 6.07 Å². The summed E-state index contributed by atoms with van der Waals surface area (Å²) in [5.74, 6) is 0.858. The third kappa shape index (κ3) is 1.93. The van der Waals surface area contributed by atoms with E-state index in [1.807, 2.05) is 0 Å². The van der Waals surface area contributed by atoms with Crippen molar-refractivity contribution in [1.29, 1.82) is 0 Å². The van der Waals surface area contributed by atoms with Crippen LogP contribution in [0.5, 0.6) is 0 Å². The van der Waals surface area contributed by atoms with Crippen LogP contribution in [0.25, 0.3) is 17.2 Å².